The molecule has 0 amide bonds. The highest BCUT2D eigenvalue weighted by molar-refractivity contribution is 6.16. The first-order valence-electron chi connectivity index (χ1n) is 43.5. The average Bonchev–Trinajstić information content (AvgIpc) is 1.57. The molecule has 9 aromatic heterocycles. The zero-order chi connectivity index (χ0) is 87.4. The van der Waals surface area contributed by atoms with Crippen LogP contribution in [-0.4, -0.2) is 44.9 Å². The van der Waals surface area contributed by atoms with Crippen molar-refractivity contribution in [1.82, 2.24) is 44.9 Å². The van der Waals surface area contributed by atoms with E-state index in [0.29, 0.717) is 35.1 Å². The van der Waals surface area contributed by atoms with Gasteiger partial charge in [0.05, 0.1) is 34.2 Å². The lowest BCUT2D eigenvalue weighted by molar-refractivity contribution is 0.619. The zero-order valence-corrected chi connectivity index (χ0v) is 70.5. The number of benzene rings is 17. The van der Waals surface area contributed by atoms with Crippen molar-refractivity contribution in [2.24, 2.45) is 0 Å². The Hall–Kier alpha value is -18.2. The Morgan fingerprint density at radius 1 is 0.136 bits per heavy atom. The fourth-order valence-corrected chi connectivity index (χ4v) is 17.4. The van der Waals surface area contributed by atoms with Gasteiger partial charge >= 0.3 is 0 Å². The quantitative estimate of drug-likeness (QED) is 0.0996. The number of para-hydroxylation sites is 6. The first-order chi connectivity index (χ1) is 65.3. The van der Waals surface area contributed by atoms with Gasteiger partial charge in [0.1, 0.15) is 50.0 Å². The molecule has 15 heteroatoms. The molecule has 0 unspecified atom stereocenters. The second-order valence-electron chi connectivity index (χ2n) is 32.2. The van der Waals surface area contributed by atoms with E-state index in [1.807, 2.05) is 267 Å². The van der Waals surface area contributed by atoms with Gasteiger partial charge in [-0.05, 0) is 156 Å². The summed E-state index contributed by atoms with van der Waals surface area (Å²) < 4.78 is 37.3. The van der Waals surface area contributed by atoms with Gasteiger partial charge in [0.2, 0.25) is 17.7 Å². The second kappa shape index (κ2) is 33.3. The van der Waals surface area contributed by atoms with Crippen LogP contribution in [0.5, 0.6) is 0 Å². The molecule has 0 saturated carbocycles. The zero-order valence-electron chi connectivity index (χ0n) is 70.5. The smallest absolute Gasteiger partial charge is 0.227 e. The van der Waals surface area contributed by atoms with Crippen LogP contribution in [0.15, 0.2) is 457 Å². The van der Waals surface area contributed by atoms with Gasteiger partial charge in [-0.15, -0.1) is 0 Å². The summed E-state index contributed by atoms with van der Waals surface area (Å²) in [5.41, 5.74) is 30.6. The summed E-state index contributed by atoms with van der Waals surface area (Å²) in [7, 11) is 0. The summed E-state index contributed by atoms with van der Waals surface area (Å²) in [5, 5.41) is 5.88. The molecule has 132 heavy (non-hydrogen) atoms. The van der Waals surface area contributed by atoms with Gasteiger partial charge in [-0.1, -0.05) is 297 Å². The molecular weight excluding hydrogens is 1630 g/mol. The topological polar surface area (TPSA) is 195 Å². The van der Waals surface area contributed by atoms with E-state index in [2.05, 4.69) is 164 Å². The predicted molar refractivity (Wildman–Crippen MR) is 527 cm³/mol. The molecule has 9 heterocycles. The van der Waals surface area contributed by atoms with Crippen molar-refractivity contribution in [2.75, 3.05) is 0 Å². The normalized spacial score (nSPS) is 11.5. The monoisotopic (exact) mass is 1700 g/mol. The minimum atomic E-state index is 0.573. The van der Waals surface area contributed by atoms with E-state index in [4.69, 9.17) is 71.4 Å². The van der Waals surface area contributed by atoms with Crippen molar-refractivity contribution in [3.05, 3.63) is 431 Å². The van der Waals surface area contributed by atoms with E-state index < -0.39 is 0 Å². The highest BCUT2D eigenvalue weighted by atomic mass is 16.4. The van der Waals surface area contributed by atoms with Crippen molar-refractivity contribution in [3.63, 3.8) is 0 Å². The number of furan rings is 3. The fourth-order valence-electron chi connectivity index (χ4n) is 17.4. The molecule has 0 bridgehead atoms. The standard InChI is InChI=1S/2C41H25N3O2.C35H21N3O2/c1-3-11-26(12-4-1)28-15-9-16-29(23-28)34-25-35(43-40(42-34)27-13-5-2-6-14-27)31-17-10-20-38-39(31)32-24-30(21-22-36(32)45-38)41-44-33-18-7-8-19-37(33)46-41;1-3-10-26(11-4-1)27-18-20-28(21-19-27)34-25-35(43-40(42-34)29-12-5-2-6-13-29)31-14-9-17-38-39(31)32-24-30(22-23-36(32)45-38)41-44-33-15-7-8-16-37(33)46-41;1-3-10-22(11-4-1)28-21-29(37-34(36-28)23-12-5-2-6-13-23)25-14-9-17-32-33(25)26-20-24(18-19-30(26)39-32)35-38-27-15-7-8-16-31(27)40-35/h2*1-25H;1-21H. The molecule has 0 radical (unpaired) electrons. The summed E-state index contributed by atoms with van der Waals surface area (Å²) >= 11 is 0. The summed E-state index contributed by atoms with van der Waals surface area (Å²) in [5.74, 6) is 3.73. The van der Waals surface area contributed by atoms with Crippen LogP contribution in [0.25, 0.3) is 257 Å². The van der Waals surface area contributed by atoms with Gasteiger partial charge in [0.15, 0.2) is 34.2 Å². The highest BCUT2D eigenvalue weighted by Gasteiger charge is 2.25. The van der Waals surface area contributed by atoms with Crippen molar-refractivity contribution in [2.45, 2.75) is 0 Å². The molecule has 0 aliphatic rings. The molecule has 26 rings (SSSR count). The van der Waals surface area contributed by atoms with Gasteiger partial charge in [0.25, 0.3) is 0 Å². The van der Waals surface area contributed by atoms with E-state index in [0.717, 1.165) is 217 Å². The molecule has 0 spiro atoms. The Labute approximate surface area is 754 Å². The number of hydrogen-bond donors (Lipinski definition) is 0. The molecular formula is C117H71N9O6. The lowest BCUT2D eigenvalue weighted by Crippen LogP contribution is -1.96. The number of aromatic nitrogens is 9. The Balaban J connectivity index is 0.000000110. The van der Waals surface area contributed by atoms with Crippen molar-refractivity contribution in [1.29, 1.82) is 0 Å². The highest BCUT2D eigenvalue weighted by Crippen LogP contribution is 2.45. The number of fused-ring (bicyclic) bond motifs is 12. The van der Waals surface area contributed by atoms with Gasteiger partial charge in [-0.25, -0.2) is 44.9 Å². The minimum absolute atomic E-state index is 0.573. The molecule has 0 aliphatic carbocycles. The maximum Gasteiger partial charge on any atom is 0.227 e. The van der Waals surface area contributed by atoms with Gasteiger partial charge < -0.3 is 26.5 Å². The van der Waals surface area contributed by atoms with Gasteiger partial charge in [-0.2, -0.15) is 0 Å². The van der Waals surface area contributed by atoms with Crippen LogP contribution < -0.4 is 0 Å². The molecule has 0 saturated heterocycles. The molecule has 620 valence electrons. The van der Waals surface area contributed by atoms with E-state index in [1.54, 1.807) is 0 Å². The summed E-state index contributed by atoms with van der Waals surface area (Å²) in [6, 6.07) is 145. The van der Waals surface area contributed by atoms with Crippen molar-refractivity contribution in [3.8, 4) is 158 Å². The molecule has 0 atom stereocenters. The largest absolute Gasteiger partial charge is 0.456 e. The summed E-state index contributed by atoms with van der Waals surface area (Å²) in [6.07, 6.45) is 0. The summed E-state index contributed by atoms with van der Waals surface area (Å²) in [6.45, 7) is 0. The molecule has 17 aromatic carbocycles. The van der Waals surface area contributed by atoms with Crippen LogP contribution in [0.3, 0.4) is 0 Å². The molecule has 15 nitrogen and oxygen atoms in total. The number of oxazole rings is 3. The number of rotatable bonds is 14. The Kier molecular flexibility index (Phi) is 19.5. The fraction of sp³-hybridized carbons (Fsp3) is 0. The third kappa shape index (κ3) is 14.9. The van der Waals surface area contributed by atoms with Crippen LogP contribution in [0.1, 0.15) is 0 Å². The average molecular weight is 1700 g/mol. The Morgan fingerprint density at radius 2 is 0.386 bits per heavy atom. The number of hydrogen-bond acceptors (Lipinski definition) is 15. The molecule has 0 N–H and O–H groups in total. The summed E-state index contributed by atoms with van der Waals surface area (Å²) in [4.78, 5) is 44.6. The van der Waals surface area contributed by atoms with E-state index in [9.17, 15) is 0 Å². The SMILES string of the molecule is c1ccc(-c2cc(-c3cccc4oc5ccc(-c6nc7ccccc7o6)cc5c34)nc(-c3ccccc3)n2)cc1.c1ccc(-c2ccc(-c3cc(-c4cccc5oc6ccc(-c7nc8ccccc8o7)cc6c45)nc(-c4ccccc4)n3)cc2)cc1.c1ccc(-c2cccc(-c3cc(-c4cccc5oc6ccc(-c7nc8ccccc8o7)cc6c45)nc(-c4ccccc4)n3)c2)cc1. The molecule has 0 fully saturated rings. The first kappa shape index (κ1) is 77.4. The predicted octanol–water partition coefficient (Wildman–Crippen LogP) is 30.9. The first-order valence-corrected chi connectivity index (χ1v) is 43.5. The van der Waals surface area contributed by atoms with Crippen molar-refractivity contribution >= 4 is 99.1 Å². The van der Waals surface area contributed by atoms with Crippen molar-refractivity contribution < 1.29 is 26.5 Å². The number of nitrogens with zero attached hydrogens (tertiary/aromatic N) is 9. The Morgan fingerprint density at radius 3 is 0.742 bits per heavy atom. The third-order valence-electron chi connectivity index (χ3n) is 23.8. The second-order valence-corrected chi connectivity index (χ2v) is 32.2. The van der Waals surface area contributed by atoms with E-state index in [-0.39, 0.29) is 0 Å². The van der Waals surface area contributed by atoms with E-state index >= 15 is 0 Å². The maximum atomic E-state index is 6.36. The maximum absolute atomic E-state index is 6.36. The third-order valence-corrected chi connectivity index (χ3v) is 23.8. The molecule has 0 aliphatic heterocycles. The van der Waals surface area contributed by atoms with Gasteiger partial charge in [0, 0.05) is 99.1 Å². The van der Waals surface area contributed by atoms with Gasteiger partial charge in [-0.3, -0.25) is 0 Å². The van der Waals surface area contributed by atoms with Crippen LogP contribution in [0.4, 0.5) is 0 Å². The van der Waals surface area contributed by atoms with Crippen LogP contribution in [0, 0.1) is 0 Å². The minimum Gasteiger partial charge on any atom is -0.456 e. The van der Waals surface area contributed by atoms with Crippen LogP contribution >= 0.6 is 0 Å². The lowest BCUT2D eigenvalue weighted by atomic mass is 9.99. The molecule has 26 aromatic rings. The lowest BCUT2D eigenvalue weighted by Gasteiger charge is -2.11. The van der Waals surface area contributed by atoms with Crippen LogP contribution in [-0.2, 0) is 0 Å². The Bertz CT molecular complexity index is 8680. The van der Waals surface area contributed by atoms with Crippen LogP contribution in [0.2, 0.25) is 0 Å². The van der Waals surface area contributed by atoms with E-state index in [1.165, 1.54) is 5.56 Å².